The maximum atomic E-state index is 13.2. The van der Waals surface area contributed by atoms with Crippen molar-refractivity contribution in [3.63, 3.8) is 0 Å². The van der Waals surface area contributed by atoms with Gasteiger partial charge in [-0.25, -0.2) is 12.7 Å². The molecule has 4 rings (SSSR count). The number of benzene rings is 3. The van der Waals surface area contributed by atoms with Crippen LogP contribution >= 0.6 is 0 Å². The van der Waals surface area contributed by atoms with Crippen LogP contribution in [-0.2, 0) is 14.8 Å². The second kappa shape index (κ2) is 8.76. The van der Waals surface area contributed by atoms with Crippen molar-refractivity contribution < 1.29 is 22.8 Å². The van der Waals surface area contributed by atoms with Crippen molar-refractivity contribution in [3.05, 3.63) is 96.1 Å². The highest BCUT2D eigenvalue weighted by molar-refractivity contribution is 7.93. The monoisotopic (exact) mass is 448 g/mol. The molecule has 3 amide bonds. The second-order valence-corrected chi connectivity index (χ2v) is 9.01. The Hall–Kier alpha value is -3.78. The normalized spacial score (nSPS) is 13.2. The van der Waals surface area contributed by atoms with Gasteiger partial charge in [0.05, 0.1) is 21.7 Å². The summed E-state index contributed by atoms with van der Waals surface area (Å²) in [7, 11) is -4.13. The first kappa shape index (κ1) is 21.5. The van der Waals surface area contributed by atoms with Gasteiger partial charge in [-0.2, -0.15) is 0 Å². The Morgan fingerprint density at radius 1 is 0.750 bits per heavy atom. The third kappa shape index (κ3) is 3.92. The summed E-state index contributed by atoms with van der Waals surface area (Å²) >= 11 is 0. The molecule has 0 saturated heterocycles. The van der Waals surface area contributed by atoms with Crippen molar-refractivity contribution >= 4 is 33.4 Å². The van der Waals surface area contributed by atoms with E-state index in [1.54, 1.807) is 72.8 Å². The van der Waals surface area contributed by atoms with Crippen LogP contribution in [0.2, 0.25) is 0 Å². The number of anilines is 1. The SMILES string of the molecule is O=C1c2ccccc2C(=O)N1CCCC(=O)N(c1ccccc1)S(=O)(=O)c1ccccc1. The Balaban J connectivity index is 1.52. The number of fused-ring (bicyclic) bond motifs is 1. The lowest BCUT2D eigenvalue weighted by atomic mass is 10.1. The van der Waals surface area contributed by atoms with E-state index in [1.807, 2.05) is 0 Å². The molecule has 7 nitrogen and oxygen atoms in total. The summed E-state index contributed by atoms with van der Waals surface area (Å²) < 4.78 is 27.2. The molecular weight excluding hydrogens is 428 g/mol. The van der Waals surface area contributed by atoms with E-state index in [-0.39, 0.29) is 30.0 Å². The van der Waals surface area contributed by atoms with Gasteiger partial charge in [0.2, 0.25) is 5.91 Å². The lowest BCUT2D eigenvalue weighted by Crippen LogP contribution is -2.38. The zero-order valence-corrected chi connectivity index (χ0v) is 17.9. The van der Waals surface area contributed by atoms with Crippen molar-refractivity contribution in [3.8, 4) is 0 Å². The molecule has 3 aromatic carbocycles. The lowest BCUT2D eigenvalue weighted by Gasteiger charge is -2.23. The molecular formula is C24H20N2O5S. The number of carbonyl (C=O) groups is 3. The zero-order chi connectivity index (χ0) is 22.7. The summed E-state index contributed by atoms with van der Waals surface area (Å²) in [6, 6.07) is 22.4. The van der Waals surface area contributed by atoms with Crippen LogP contribution in [-0.4, -0.2) is 37.6 Å². The van der Waals surface area contributed by atoms with Crippen LogP contribution in [0.4, 0.5) is 5.69 Å². The van der Waals surface area contributed by atoms with E-state index in [9.17, 15) is 22.8 Å². The van der Waals surface area contributed by atoms with Crippen molar-refractivity contribution in [1.82, 2.24) is 4.90 Å². The van der Waals surface area contributed by atoms with E-state index < -0.39 is 27.7 Å². The maximum Gasteiger partial charge on any atom is 0.270 e. The smallest absolute Gasteiger partial charge is 0.270 e. The Bertz CT molecular complexity index is 1240. The van der Waals surface area contributed by atoms with Gasteiger partial charge in [-0.05, 0) is 42.8 Å². The van der Waals surface area contributed by atoms with Crippen LogP contribution in [0.3, 0.4) is 0 Å². The summed E-state index contributed by atoms with van der Waals surface area (Å²) in [5.41, 5.74) is 0.893. The van der Waals surface area contributed by atoms with Gasteiger partial charge in [0, 0.05) is 13.0 Å². The first-order chi connectivity index (χ1) is 15.4. The van der Waals surface area contributed by atoms with E-state index in [2.05, 4.69) is 0 Å². The van der Waals surface area contributed by atoms with Gasteiger partial charge in [0.15, 0.2) is 0 Å². The van der Waals surface area contributed by atoms with Gasteiger partial charge < -0.3 is 0 Å². The summed E-state index contributed by atoms with van der Waals surface area (Å²) in [6.07, 6.45) is -0.0215. The number of rotatable bonds is 7. The number of carbonyl (C=O) groups excluding carboxylic acids is 3. The average molecular weight is 449 g/mol. The number of imide groups is 1. The molecule has 0 bridgehead atoms. The molecule has 32 heavy (non-hydrogen) atoms. The Morgan fingerprint density at radius 3 is 1.81 bits per heavy atom. The highest BCUT2D eigenvalue weighted by Gasteiger charge is 2.35. The van der Waals surface area contributed by atoms with Crippen LogP contribution < -0.4 is 4.31 Å². The minimum absolute atomic E-state index is 0.00227. The number of hydrogen-bond acceptors (Lipinski definition) is 5. The summed E-state index contributed by atoms with van der Waals surface area (Å²) in [4.78, 5) is 39.2. The second-order valence-electron chi connectivity index (χ2n) is 7.22. The highest BCUT2D eigenvalue weighted by Crippen LogP contribution is 2.26. The molecule has 0 spiro atoms. The summed E-state index contributed by atoms with van der Waals surface area (Å²) in [6.45, 7) is 0.0199. The fourth-order valence-electron chi connectivity index (χ4n) is 3.61. The number of para-hydroxylation sites is 1. The predicted octanol–water partition coefficient (Wildman–Crippen LogP) is 3.48. The fraction of sp³-hybridized carbons (Fsp3) is 0.125. The average Bonchev–Trinajstić information content (AvgIpc) is 3.05. The molecule has 0 atom stereocenters. The van der Waals surface area contributed by atoms with Crippen molar-refractivity contribution in [2.75, 3.05) is 10.8 Å². The van der Waals surface area contributed by atoms with Gasteiger partial charge in [-0.3, -0.25) is 19.3 Å². The van der Waals surface area contributed by atoms with Crippen molar-refractivity contribution in [2.45, 2.75) is 17.7 Å². The van der Waals surface area contributed by atoms with Crippen LogP contribution in [0.5, 0.6) is 0 Å². The maximum absolute atomic E-state index is 13.2. The number of amides is 3. The zero-order valence-electron chi connectivity index (χ0n) is 17.0. The molecule has 162 valence electrons. The van der Waals surface area contributed by atoms with E-state index in [0.717, 1.165) is 9.21 Å². The third-order valence-corrected chi connectivity index (χ3v) is 6.91. The standard InChI is InChI=1S/C24H20N2O5S/c27-22(16-9-17-25-23(28)20-14-7-8-15-21(20)24(25)29)26(18-10-3-1-4-11-18)32(30,31)19-12-5-2-6-13-19/h1-8,10-15H,9,16-17H2. The highest BCUT2D eigenvalue weighted by atomic mass is 32.2. The quantitative estimate of drug-likeness (QED) is 0.516. The third-order valence-electron chi connectivity index (χ3n) is 5.15. The van der Waals surface area contributed by atoms with Gasteiger partial charge in [-0.15, -0.1) is 0 Å². The van der Waals surface area contributed by atoms with Gasteiger partial charge >= 0.3 is 0 Å². The Morgan fingerprint density at radius 2 is 1.25 bits per heavy atom. The molecule has 0 unspecified atom stereocenters. The number of nitrogens with zero attached hydrogens (tertiary/aromatic N) is 2. The molecule has 1 aliphatic rings. The van der Waals surface area contributed by atoms with E-state index >= 15 is 0 Å². The molecule has 0 aromatic heterocycles. The molecule has 0 aliphatic carbocycles. The first-order valence-electron chi connectivity index (χ1n) is 10.0. The fourth-order valence-corrected chi connectivity index (χ4v) is 5.08. The predicted molar refractivity (Wildman–Crippen MR) is 119 cm³/mol. The van der Waals surface area contributed by atoms with Gasteiger partial charge in [0.25, 0.3) is 21.8 Å². The van der Waals surface area contributed by atoms with E-state index in [4.69, 9.17) is 0 Å². The van der Waals surface area contributed by atoms with Crippen molar-refractivity contribution in [2.24, 2.45) is 0 Å². The Kier molecular flexibility index (Phi) is 5.87. The lowest BCUT2D eigenvalue weighted by molar-refractivity contribution is -0.117. The van der Waals surface area contributed by atoms with Gasteiger partial charge in [0.1, 0.15) is 0 Å². The molecule has 8 heteroatoms. The largest absolute Gasteiger partial charge is 0.274 e. The molecule has 3 aromatic rings. The molecule has 0 fully saturated rings. The van der Waals surface area contributed by atoms with E-state index in [1.165, 1.54) is 12.1 Å². The van der Waals surface area contributed by atoms with Crippen LogP contribution in [0.15, 0.2) is 89.8 Å². The molecule has 0 saturated carbocycles. The topological polar surface area (TPSA) is 91.8 Å². The van der Waals surface area contributed by atoms with Crippen molar-refractivity contribution in [1.29, 1.82) is 0 Å². The van der Waals surface area contributed by atoms with Gasteiger partial charge in [-0.1, -0.05) is 48.5 Å². The number of sulfonamides is 1. The Labute approximate surface area is 185 Å². The minimum atomic E-state index is -4.13. The molecule has 0 radical (unpaired) electrons. The summed E-state index contributed by atoms with van der Waals surface area (Å²) in [5.74, 6) is -1.46. The van der Waals surface area contributed by atoms with E-state index in [0.29, 0.717) is 11.1 Å². The summed E-state index contributed by atoms with van der Waals surface area (Å²) in [5, 5.41) is 0. The minimum Gasteiger partial charge on any atom is -0.274 e. The van der Waals surface area contributed by atoms with Crippen LogP contribution in [0, 0.1) is 0 Å². The molecule has 1 aliphatic heterocycles. The molecule has 0 N–H and O–H groups in total. The number of hydrogen-bond donors (Lipinski definition) is 0. The van der Waals surface area contributed by atoms with Crippen LogP contribution in [0.1, 0.15) is 33.6 Å². The first-order valence-corrected chi connectivity index (χ1v) is 11.5. The van der Waals surface area contributed by atoms with Crippen LogP contribution in [0.25, 0.3) is 0 Å². The molecule has 1 heterocycles.